The Balaban J connectivity index is 1.36. The van der Waals surface area contributed by atoms with Crippen molar-refractivity contribution in [1.29, 1.82) is 0 Å². The fourth-order valence-electron chi connectivity index (χ4n) is 4.02. The fraction of sp³-hybridized carbons (Fsp3) is 0.214. The van der Waals surface area contributed by atoms with E-state index in [0.29, 0.717) is 11.5 Å². The number of carbonyl (C=O) groups is 1. The Morgan fingerprint density at radius 2 is 1.64 bits per heavy atom. The average molecular weight is 480 g/mol. The Hall–Kier alpha value is -4.46. The molecule has 3 aromatic heterocycles. The van der Waals surface area contributed by atoms with Gasteiger partial charge in [0, 0.05) is 41.4 Å². The van der Waals surface area contributed by atoms with Gasteiger partial charge in [-0.05, 0) is 36.8 Å². The lowest BCUT2D eigenvalue weighted by molar-refractivity contribution is 0.262. The third-order valence-corrected chi connectivity index (χ3v) is 6.13. The largest absolute Gasteiger partial charge is 0.324 e. The number of hydrogen-bond donors (Lipinski definition) is 2. The second-order valence-electron chi connectivity index (χ2n) is 9.96. The molecular weight excluding hydrogens is 450 g/mol. The quantitative estimate of drug-likeness (QED) is 0.327. The van der Waals surface area contributed by atoms with Gasteiger partial charge in [-0.15, -0.1) is 0 Å². The zero-order valence-electron chi connectivity index (χ0n) is 21.1. The number of anilines is 2. The van der Waals surface area contributed by atoms with Gasteiger partial charge in [-0.3, -0.25) is 15.0 Å². The molecule has 0 fully saturated rings. The number of benzene rings is 2. The van der Waals surface area contributed by atoms with Gasteiger partial charge in [0.2, 0.25) is 0 Å². The number of amides is 2. The predicted molar refractivity (Wildman–Crippen MR) is 144 cm³/mol. The van der Waals surface area contributed by atoms with E-state index in [4.69, 9.17) is 5.10 Å². The highest BCUT2D eigenvalue weighted by molar-refractivity contribution is 6.00. The molecule has 8 nitrogen and oxygen atoms in total. The summed E-state index contributed by atoms with van der Waals surface area (Å²) in [5.41, 5.74) is 6.41. The third kappa shape index (κ3) is 4.57. The molecule has 3 heterocycles. The maximum atomic E-state index is 12.9. The number of pyridine rings is 1. The maximum absolute atomic E-state index is 12.9. The molecule has 0 radical (unpaired) electrons. The van der Waals surface area contributed by atoms with Crippen molar-refractivity contribution in [2.24, 2.45) is 7.05 Å². The van der Waals surface area contributed by atoms with E-state index in [0.717, 1.165) is 39.0 Å². The smallest absolute Gasteiger partial charge is 0.308 e. The molecule has 0 aliphatic rings. The first-order valence-electron chi connectivity index (χ1n) is 11.8. The minimum atomic E-state index is -0.340. The topological polar surface area (TPSA) is 89.7 Å². The van der Waals surface area contributed by atoms with Gasteiger partial charge in [-0.25, -0.2) is 9.48 Å². The molecule has 0 saturated carbocycles. The van der Waals surface area contributed by atoms with Crippen molar-refractivity contribution in [3.05, 3.63) is 84.4 Å². The Labute approximate surface area is 210 Å². The summed E-state index contributed by atoms with van der Waals surface area (Å²) in [7, 11) is 1.90. The van der Waals surface area contributed by atoms with Crippen LogP contribution in [0, 0.1) is 6.92 Å². The van der Waals surface area contributed by atoms with Gasteiger partial charge in [0.1, 0.15) is 5.82 Å². The zero-order chi connectivity index (χ0) is 25.4. The SMILES string of the molecule is Cc1ccc(-n2nc(C(C)(C)C)cc2NC(=O)Nc2ccc(-c3cncc4c3cnn4C)cc2)cc1. The molecule has 36 heavy (non-hydrogen) atoms. The number of hydrogen-bond acceptors (Lipinski definition) is 4. The van der Waals surface area contributed by atoms with Crippen LogP contribution in [-0.2, 0) is 12.5 Å². The van der Waals surface area contributed by atoms with E-state index in [1.807, 2.05) is 81.0 Å². The number of nitrogens with one attached hydrogen (secondary N) is 2. The van der Waals surface area contributed by atoms with E-state index in [-0.39, 0.29) is 11.4 Å². The minimum Gasteiger partial charge on any atom is -0.308 e. The standard InChI is InChI=1S/C28H29N7O/c1-18-6-12-21(13-7-18)35-26(14-25(33-35)28(2,3)4)32-27(36)31-20-10-8-19(9-11-20)22-15-29-17-24-23(22)16-30-34(24)5/h6-17H,1-5H3,(H2,31,32,36). The number of fused-ring (bicyclic) bond motifs is 1. The van der Waals surface area contributed by atoms with Gasteiger partial charge in [-0.2, -0.15) is 10.2 Å². The minimum absolute atomic E-state index is 0.162. The summed E-state index contributed by atoms with van der Waals surface area (Å²) in [5.74, 6) is 0.604. The van der Waals surface area contributed by atoms with Crippen LogP contribution in [0.2, 0.25) is 0 Å². The monoisotopic (exact) mass is 479 g/mol. The van der Waals surface area contributed by atoms with Crippen LogP contribution in [0.4, 0.5) is 16.3 Å². The summed E-state index contributed by atoms with van der Waals surface area (Å²) in [5, 5.41) is 16.0. The fourth-order valence-corrected chi connectivity index (χ4v) is 4.02. The first kappa shape index (κ1) is 23.3. The molecule has 8 heteroatoms. The Kier molecular flexibility index (Phi) is 5.80. The summed E-state index contributed by atoms with van der Waals surface area (Å²) >= 11 is 0. The molecule has 0 saturated heterocycles. The molecule has 182 valence electrons. The molecule has 0 aliphatic carbocycles. The highest BCUT2D eigenvalue weighted by Gasteiger charge is 2.21. The highest BCUT2D eigenvalue weighted by atomic mass is 16.2. The molecule has 0 aliphatic heterocycles. The van der Waals surface area contributed by atoms with Gasteiger partial charge >= 0.3 is 6.03 Å². The van der Waals surface area contributed by atoms with Crippen molar-refractivity contribution < 1.29 is 4.79 Å². The average Bonchev–Trinajstić information content (AvgIpc) is 3.44. The lowest BCUT2D eigenvalue weighted by Crippen LogP contribution is -2.21. The second kappa shape index (κ2) is 8.96. The lowest BCUT2D eigenvalue weighted by atomic mass is 9.92. The summed E-state index contributed by atoms with van der Waals surface area (Å²) in [4.78, 5) is 17.3. The normalized spacial score (nSPS) is 11.6. The van der Waals surface area contributed by atoms with Crippen LogP contribution < -0.4 is 10.6 Å². The van der Waals surface area contributed by atoms with E-state index < -0.39 is 0 Å². The highest BCUT2D eigenvalue weighted by Crippen LogP contribution is 2.29. The van der Waals surface area contributed by atoms with Crippen LogP contribution >= 0.6 is 0 Å². The molecular formula is C28H29N7O. The van der Waals surface area contributed by atoms with E-state index in [1.165, 1.54) is 0 Å². The van der Waals surface area contributed by atoms with Crippen LogP contribution in [0.1, 0.15) is 32.0 Å². The van der Waals surface area contributed by atoms with E-state index in [2.05, 4.69) is 41.5 Å². The third-order valence-electron chi connectivity index (χ3n) is 6.13. The summed E-state index contributed by atoms with van der Waals surface area (Å²) < 4.78 is 3.57. The van der Waals surface area contributed by atoms with Crippen LogP contribution in [0.25, 0.3) is 27.7 Å². The molecule has 5 rings (SSSR count). The number of carbonyl (C=O) groups excluding carboxylic acids is 1. The van der Waals surface area contributed by atoms with Crippen molar-refractivity contribution in [3.63, 3.8) is 0 Å². The maximum Gasteiger partial charge on any atom is 0.324 e. The van der Waals surface area contributed by atoms with E-state index >= 15 is 0 Å². The summed E-state index contributed by atoms with van der Waals surface area (Å²) in [6, 6.07) is 17.3. The molecule has 0 atom stereocenters. The van der Waals surface area contributed by atoms with E-state index in [9.17, 15) is 4.79 Å². The van der Waals surface area contributed by atoms with Crippen molar-refractivity contribution in [3.8, 4) is 16.8 Å². The predicted octanol–water partition coefficient (Wildman–Crippen LogP) is 6.07. The van der Waals surface area contributed by atoms with Gasteiger partial charge in [0.25, 0.3) is 0 Å². The number of urea groups is 1. The first-order valence-corrected chi connectivity index (χ1v) is 11.8. The lowest BCUT2D eigenvalue weighted by Gasteiger charge is -2.14. The molecule has 2 aromatic carbocycles. The van der Waals surface area contributed by atoms with Crippen molar-refractivity contribution in [2.75, 3.05) is 10.6 Å². The van der Waals surface area contributed by atoms with Gasteiger partial charge in [-0.1, -0.05) is 50.6 Å². The molecule has 5 aromatic rings. The van der Waals surface area contributed by atoms with Crippen molar-refractivity contribution in [2.45, 2.75) is 33.1 Å². The number of nitrogens with zero attached hydrogens (tertiary/aromatic N) is 5. The van der Waals surface area contributed by atoms with Crippen LogP contribution in [0.5, 0.6) is 0 Å². The zero-order valence-corrected chi connectivity index (χ0v) is 21.1. The molecule has 0 spiro atoms. The van der Waals surface area contributed by atoms with E-state index in [1.54, 1.807) is 15.6 Å². The molecule has 2 amide bonds. The Bertz CT molecular complexity index is 1540. The van der Waals surface area contributed by atoms with Gasteiger partial charge in [0.15, 0.2) is 0 Å². The summed E-state index contributed by atoms with van der Waals surface area (Å²) in [6.45, 7) is 8.34. The van der Waals surface area contributed by atoms with Crippen LogP contribution in [0.15, 0.2) is 73.2 Å². The van der Waals surface area contributed by atoms with Gasteiger partial charge < -0.3 is 5.32 Å². The first-order chi connectivity index (χ1) is 17.2. The van der Waals surface area contributed by atoms with Crippen molar-refractivity contribution >= 4 is 28.4 Å². The molecule has 0 bridgehead atoms. The number of aromatic nitrogens is 5. The van der Waals surface area contributed by atoms with Crippen LogP contribution in [0.3, 0.4) is 0 Å². The van der Waals surface area contributed by atoms with Crippen LogP contribution in [-0.4, -0.2) is 30.6 Å². The molecule has 2 N–H and O–H groups in total. The second-order valence-corrected chi connectivity index (χ2v) is 9.96. The Morgan fingerprint density at radius 3 is 2.33 bits per heavy atom. The molecule has 0 unspecified atom stereocenters. The van der Waals surface area contributed by atoms with Gasteiger partial charge in [0.05, 0.1) is 29.3 Å². The number of rotatable bonds is 4. The Morgan fingerprint density at radius 1 is 0.917 bits per heavy atom. The van der Waals surface area contributed by atoms with Crippen molar-refractivity contribution in [1.82, 2.24) is 24.5 Å². The number of aryl methyl sites for hydroxylation is 2. The summed E-state index contributed by atoms with van der Waals surface area (Å²) in [6.07, 6.45) is 5.48.